The maximum absolute atomic E-state index is 12.6. The molecule has 0 spiro atoms. The molecule has 124 valence electrons. The molecule has 1 aliphatic rings. The SMILES string of the molecule is Cc1nn(C(C)(C)C)cc1[C@H](C)NC(=O)N(C(C)C)C1CC1. The van der Waals surface area contributed by atoms with Gasteiger partial charge in [-0.05, 0) is 61.3 Å². The zero-order chi connectivity index (χ0) is 16.7. The summed E-state index contributed by atoms with van der Waals surface area (Å²) in [6, 6.07) is 0.653. The van der Waals surface area contributed by atoms with Crippen LogP contribution in [0.3, 0.4) is 0 Å². The fourth-order valence-electron chi connectivity index (χ4n) is 2.75. The van der Waals surface area contributed by atoms with Crippen LogP contribution in [0.15, 0.2) is 6.20 Å². The molecule has 5 nitrogen and oxygen atoms in total. The third-order valence-corrected chi connectivity index (χ3v) is 4.16. The number of nitrogens with one attached hydrogen (secondary N) is 1. The average Bonchev–Trinajstić information content (AvgIpc) is 3.08. The van der Waals surface area contributed by atoms with Crippen LogP contribution in [0.25, 0.3) is 0 Å². The Labute approximate surface area is 134 Å². The lowest BCUT2D eigenvalue weighted by Crippen LogP contribution is -2.46. The van der Waals surface area contributed by atoms with E-state index in [9.17, 15) is 4.79 Å². The first-order chi connectivity index (χ1) is 10.1. The van der Waals surface area contributed by atoms with Crippen LogP contribution in [0.2, 0.25) is 0 Å². The lowest BCUT2D eigenvalue weighted by atomic mass is 10.1. The van der Waals surface area contributed by atoms with Gasteiger partial charge in [0.2, 0.25) is 0 Å². The third kappa shape index (κ3) is 3.62. The minimum absolute atomic E-state index is 0.0351. The monoisotopic (exact) mass is 306 g/mol. The summed E-state index contributed by atoms with van der Waals surface area (Å²) in [5.41, 5.74) is 2.01. The minimum Gasteiger partial charge on any atom is -0.331 e. The van der Waals surface area contributed by atoms with E-state index in [1.807, 2.05) is 23.4 Å². The number of hydrogen-bond acceptors (Lipinski definition) is 2. The van der Waals surface area contributed by atoms with Crippen molar-refractivity contribution >= 4 is 6.03 Å². The Morgan fingerprint density at radius 3 is 2.36 bits per heavy atom. The summed E-state index contributed by atoms with van der Waals surface area (Å²) >= 11 is 0. The second-order valence-corrected chi connectivity index (χ2v) is 7.69. The maximum atomic E-state index is 12.6. The van der Waals surface area contributed by atoms with E-state index in [0.717, 1.165) is 24.1 Å². The highest BCUT2D eigenvalue weighted by atomic mass is 16.2. The van der Waals surface area contributed by atoms with Crippen LogP contribution < -0.4 is 5.32 Å². The molecular formula is C17H30N4O. The van der Waals surface area contributed by atoms with E-state index in [1.165, 1.54) is 0 Å². The molecule has 0 saturated heterocycles. The summed E-state index contributed by atoms with van der Waals surface area (Å²) in [5, 5.41) is 7.73. The van der Waals surface area contributed by atoms with Crippen molar-refractivity contribution in [3.05, 3.63) is 17.5 Å². The first-order valence-electron chi connectivity index (χ1n) is 8.26. The molecule has 1 aliphatic carbocycles. The van der Waals surface area contributed by atoms with Crippen molar-refractivity contribution in [2.45, 2.75) is 85.0 Å². The summed E-state index contributed by atoms with van der Waals surface area (Å²) in [6.45, 7) is 14.6. The lowest BCUT2D eigenvalue weighted by molar-refractivity contribution is 0.176. The molecule has 0 aromatic carbocycles. The Kier molecular flexibility index (Phi) is 4.54. The minimum atomic E-state index is -0.0509. The van der Waals surface area contributed by atoms with Gasteiger partial charge in [0.1, 0.15) is 0 Å². The van der Waals surface area contributed by atoms with Gasteiger partial charge in [0.15, 0.2) is 0 Å². The zero-order valence-corrected chi connectivity index (χ0v) is 15.0. The quantitative estimate of drug-likeness (QED) is 0.924. The molecule has 0 unspecified atom stereocenters. The van der Waals surface area contributed by atoms with Crippen molar-refractivity contribution < 1.29 is 4.79 Å². The molecular weight excluding hydrogens is 276 g/mol. The van der Waals surface area contributed by atoms with Gasteiger partial charge in [0.05, 0.1) is 17.3 Å². The molecule has 5 heteroatoms. The van der Waals surface area contributed by atoms with Crippen LogP contribution in [0.1, 0.15) is 71.7 Å². The number of aryl methyl sites for hydroxylation is 1. The molecule has 0 aliphatic heterocycles. The van der Waals surface area contributed by atoms with Gasteiger partial charge in [0.25, 0.3) is 0 Å². The Hall–Kier alpha value is -1.52. The van der Waals surface area contributed by atoms with E-state index in [2.05, 4.69) is 51.2 Å². The van der Waals surface area contributed by atoms with E-state index in [1.54, 1.807) is 0 Å². The van der Waals surface area contributed by atoms with Crippen LogP contribution in [0.4, 0.5) is 4.79 Å². The van der Waals surface area contributed by atoms with Gasteiger partial charge >= 0.3 is 6.03 Å². The molecule has 1 heterocycles. The second-order valence-electron chi connectivity index (χ2n) is 7.69. The number of carbonyl (C=O) groups excluding carboxylic acids is 1. The smallest absolute Gasteiger partial charge is 0.318 e. The Morgan fingerprint density at radius 2 is 1.95 bits per heavy atom. The van der Waals surface area contributed by atoms with E-state index in [0.29, 0.717) is 6.04 Å². The van der Waals surface area contributed by atoms with Crippen molar-refractivity contribution in [1.82, 2.24) is 20.0 Å². The number of amides is 2. The molecule has 0 radical (unpaired) electrons. The number of carbonyl (C=O) groups is 1. The van der Waals surface area contributed by atoms with Crippen molar-refractivity contribution in [2.24, 2.45) is 0 Å². The van der Waals surface area contributed by atoms with Gasteiger partial charge in [0, 0.05) is 23.8 Å². The number of rotatable bonds is 4. The van der Waals surface area contributed by atoms with Gasteiger partial charge < -0.3 is 10.2 Å². The molecule has 0 bridgehead atoms. The van der Waals surface area contributed by atoms with Gasteiger partial charge in [-0.1, -0.05) is 0 Å². The third-order valence-electron chi connectivity index (χ3n) is 4.16. The second kappa shape index (κ2) is 5.94. The molecule has 1 saturated carbocycles. The predicted octanol–water partition coefficient (Wildman–Crippen LogP) is 3.59. The number of aromatic nitrogens is 2. The molecule has 2 rings (SSSR count). The van der Waals surface area contributed by atoms with Crippen LogP contribution in [0, 0.1) is 6.92 Å². The van der Waals surface area contributed by atoms with E-state index in [4.69, 9.17) is 0 Å². The Morgan fingerprint density at radius 1 is 1.36 bits per heavy atom. The summed E-state index contributed by atoms with van der Waals surface area (Å²) in [6.07, 6.45) is 4.30. The highest BCUT2D eigenvalue weighted by molar-refractivity contribution is 5.75. The summed E-state index contributed by atoms with van der Waals surface area (Å²) in [5.74, 6) is 0. The van der Waals surface area contributed by atoms with Gasteiger partial charge in [-0.15, -0.1) is 0 Å². The topological polar surface area (TPSA) is 50.2 Å². The van der Waals surface area contributed by atoms with Crippen molar-refractivity contribution in [3.63, 3.8) is 0 Å². The normalized spacial score (nSPS) is 16.7. The van der Waals surface area contributed by atoms with Gasteiger partial charge in [-0.25, -0.2) is 4.79 Å². The molecule has 1 aromatic rings. The van der Waals surface area contributed by atoms with Crippen LogP contribution in [0.5, 0.6) is 0 Å². The molecule has 1 fully saturated rings. The number of urea groups is 1. The summed E-state index contributed by atoms with van der Waals surface area (Å²) < 4.78 is 1.97. The predicted molar refractivity (Wildman–Crippen MR) is 88.9 cm³/mol. The van der Waals surface area contributed by atoms with E-state index in [-0.39, 0.29) is 23.7 Å². The fourth-order valence-corrected chi connectivity index (χ4v) is 2.75. The van der Waals surface area contributed by atoms with Crippen LogP contribution in [-0.4, -0.2) is 32.8 Å². The number of hydrogen-bond donors (Lipinski definition) is 1. The van der Waals surface area contributed by atoms with E-state index < -0.39 is 0 Å². The molecule has 1 N–H and O–H groups in total. The Balaban J connectivity index is 2.10. The summed E-state index contributed by atoms with van der Waals surface area (Å²) in [7, 11) is 0. The highest BCUT2D eigenvalue weighted by Crippen LogP contribution is 2.29. The van der Waals surface area contributed by atoms with Crippen molar-refractivity contribution in [2.75, 3.05) is 0 Å². The first-order valence-corrected chi connectivity index (χ1v) is 8.26. The molecule has 2 amide bonds. The molecule has 22 heavy (non-hydrogen) atoms. The summed E-state index contributed by atoms with van der Waals surface area (Å²) in [4.78, 5) is 14.5. The zero-order valence-electron chi connectivity index (χ0n) is 15.0. The maximum Gasteiger partial charge on any atom is 0.318 e. The van der Waals surface area contributed by atoms with E-state index >= 15 is 0 Å². The van der Waals surface area contributed by atoms with Crippen molar-refractivity contribution in [1.29, 1.82) is 0 Å². The van der Waals surface area contributed by atoms with Gasteiger partial charge in [-0.2, -0.15) is 5.10 Å². The fraction of sp³-hybridized carbons (Fsp3) is 0.765. The van der Waals surface area contributed by atoms with Crippen molar-refractivity contribution in [3.8, 4) is 0 Å². The van der Waals surface area contributed by atoms with Crippen LogP contribution >= 0.6 is 0 Å². The van der Waals surface area contributed by atoms with Gasteiger partial charge in [-0.3, -0.25) is 4.68 Å². The molecule has 1 aromatic heterocycles. The number of nitrogens with zero attached hydrogens (tertiary/aromatic N) is 3. The highest BCUT2D eigenvalue weighted by Gasteiger charge is 2.35. The lowest BCUT2D eigenvalue weighted by Gasteiger charge is -2.28. The van der Waals surface area contributed by atoms with Crippen LogP contribution in [-0.2, 0) is 5.54 Å². The largest absolute Gasteiger partial charge is 0.331 e. The first kappa shape index (κ1) is 16.8. The standard InChI is InChI=1S/C17H30N4O/c1-11(2)21(14-8-9-14)16(22)18-12(3)15-10-20(17(5,6)7)19-13(15)4/h10-12,14H,8-9H2,1-7H3,(H,18,22)/t12-/m0/s1. The average molecular weight is 306 g/mol. The molecule has 1 atom stereocenters. The Bertz CT molecular complexity index is 535.